The molecule has 1 radical (unpaired) electrons. The third kappa shape index (κ3) is 1.71. The molecule has 1 aromatic rings. The summed E-state index contributed by atoms with van der Waals surface area (Å²) >= 11 is 0. The standard InChI is InChI=1S/C8H8NO2S/c1-7-3-5-8(6-4-7)12(10,11)9-2/h2-6H,1H3. The van der Waals surface area contributed by atoms with Crippen molar-refractivity contribution in [2.45, 2.75) is 11.8 Å². The Balaban J connectivity index is 3.23. The number of rotatable bonds is 2. The van der Waals surface area contributed by atoms with Crippen molar-refractivity contribution < 1.29 is 8.42 Å². The first kappa shape index (κ1) is 8.93. The van der Waals surface area contributed by atoms with Crippen molar-refractivity contribution in [3.8, 4) is 0 Å². The molecule has 0 atom stereocenters. The van der Waals surface area contributed by atoms with E-state index in [1.807, 2.05) is 6.92 Å². The van der Waals surface area contributed by atoms with Gasteiger partial charge in [0, 0.05) is 0 Å². The molecule has 63 valence electrons. The van der Waals surface area contributed by atoms with Gasteiger partial charge in [0.15, 0.2) is 0 Å². The van der Waals surface area contributed by atoms with E-state index in [0.717, 1.165) is 5.56 Å². The molecule has 0 fully saturated rings. The molecule has 0 saturated heterocycles. The molecule has 0 unspecified atom stereocenters. The molecular weight excluding hydrogens is 174 g/mol. The summed E-state index contributed by atoms with van der Waals surface area (Å²) in [6.45, 7) is 6.58. The summed E-state index contributed by atoms with van der Waals surface area (Å²) < 4.78 is 24.8. The second kappa shape index (κ2) is 3.06. The highest BCUT2D eigenvalue weighted by molar-refractivity contribution is 7.90. The molecule has 12 heavy (non-hydrogen) atoms. The summed E-state index contributed by atoms with van der Waals surface area (Å²) in [6.07, 6.45) is 0. The monoisotopic (exact) mass is 182 g/mol. The number of hydrogen-bond acceptors (Lipinski definition) is 2. The van der Waals surface area contributed by atoms with E-state index >= 15 is 0 Å². The molecule has 4 heteroatoms. The normalized spacial score (nSPS) is 11.1. The average Bonchev–Trinajstić information content (AvgIpc) is 2.05. The fraction of sp³-hybridized carbons (Fsp3) is 0.125. The van der Waals surface area contributed by atoms with Crippen molar-refractivity contribution in [3.63, 3.8) is 0 Å². The van der Waals surface area contributed by atoms with E-state index in [4.69, 9.17) is 6.72 Å². The predicted molar refractivity (Wildman–Crippen MR) is 46.9 cm³/mol. The molecule has 0 bridgehead atoms. The van der Waals surface area contributed by atoms with E-state index in [1.54, 1.807) is 12.1 Å². The zero-order chi connectivity index (χ0) is 9.19. The molecule has 0 aromatic heterocycles. The quantitative estimate of drug-likeness (QED) is 0.646. The molecule has 1 rings (SSSR count). The first-order chi connectivity index (χ1) is 5.56. The maximum absolute atomic E-state index is 11.0. The Kier molecular flexibility index (Phi) is 2.28. The van der Waals surface area contributed by atoms with E-state index in [-0.39, 0.29) is 4.90 Å². The molecule has 0 aliphatic rings. The van der Waals surface area contributed by atoms with E-state index in [9.17, 15) is 8.42 Å². The van der Waals surface area contributed by atoms with Gasteiger partial charge < -0.3 is 0 Å². The van der Waals surface area contributed by atoms with Crippen LogP contribution in [0.4, 0.5) is 0 Å². The van der Waals surface area contributed by atoms with Crippen LogP contribution in [0.2, 0.25) is 0 Å². The highest BCUT2D eigenvalue weighted by Crippen LogP contribution is 2.11. The minimum Gasteiger partial charge on any atom is -0.199 e. The molecule has 0 heterocycles. The largest absolute Gasteiger partial charge is 0.282 e. The summed E-state index contributed by atoms with van der Waals surface area (Å²) in [5.74, 6) is 0. The van der Waals surface area contributed by atoms with E-state index in [1.165, 1.54) is 12.1 Å². The van der Waals surface area contributed by atoms with Crippen LogP contribution in [0.3, 0.4) is 0 Å². The summed E-state index contributed by atoms with van der Waals surface area (Å²) in [7, 11) is -3.61. The maximum atomic E-state index is 11.0. The van der Waals surface area contributed by atoms with Crippen LogP contribution in [0.15, 0.2) is 33.6 Å². The molecule has 1 aromatic carbocycles. The lowest BCUT2D eigenvalue weighted by Gasteiger charge is -1.96. The van der Waals surface area contributed by atoms with Crippen LogP contribution in [-0.2, 0) is 10.0 Å². The summed E-state index contributed by atoms with van der Waals surface area (Å²) in [6, 6.07) is 6.33. The number of hydrogen-bond donors (Lipinski definition) is 0. The van der Waals surface area contributed by atoms with Gasteiger partial charge in [-0.2, -0.15) is 12.8 Å². The Morgan fingerprint density at radius 1 is 1.25 bits per heavy atom. The van der Waals surface area contributed by atoms with Crippen LogP contribution in [0.1, 0.15) is 5.56 Å². The number of benzene rings is 1. The van der Waals surface area contributed by atoms with E-state index in [0.29, 0.717) is 0 Å². The third-order valence-electron chi connectivity index (χ3n) is 1.46. The van der Waals surface area contributed by atoms with Gasteiger partial charge in [0.05, 0.1) is 11.6 Å². The van der Waals surface area contributed by atoms with Crippen molar-refractivity contribution in [1.82, 2.24) is 0 Å². The Bertz CT molecular complexity index is 378. The van der Waals surface area contributed by atoms with Crippen LogP contribution in [0.5, 0.6) is 0 Å². The van der Waals surface area contributed by atoms with Gasteiger partial charge in [-0.1, -0.05) is 17.7 Å². The molecule has 0 saturated carbocycles. The number of sulfonamides is 1. The minimum absolute atomic E-state index is 0.121. The first-order valence-electron chi connectivity index (χ1n) is 3.30. The average molecular weight is 182 g/mol. The lowest BCUT2D eigenvalue weighted by Crippen LogP contribution is -1.94. The van der Waals surface area contributed by atoms with Crippen LogP contribution >= 0.6 is 0 Å². The van der Waals surface area contributed by atoms with Crippen LogP contribution in [0, 0.1) is 6.92 Å². The number of nitrogens with zero attached hydrogens (tertiary/aromatic N) is 1. The first-order valence-corrected chi connectivity index (χ1v) is 4.74. The van der Waals surface area contributed by atoms with Gasteiger partial charge in [0.2, 0.25) is 0 Å². The second-order valence-corrected chi connectivity index (χ2v) is 4.03. The Morgan fingerprint density at radius 3 is 2.17 bits per heavy atom. The van der Waals surface area contributed by atoms with E-state index < -0.39 is 10.0 Å². The molecular formula is C8H8NO2S. The fourth-order valence-corrected chi connectivity index (χ4v) is 1.37. The minimum atomic E-state index is -3.61. The summed E-state index contributed by atoms with van der Waals surface area (Å²) in [5, 5.41) is 0. The molecule has 0 spiro atoms. The van der Waals surface area contributed by atoms with Gasteiger partial charge in [-0.3, -0.25) is 0 Å². The van der Waals surface area contributed by atoms with Crippen molar-refractivity contribution in [1.29, 1.82) is 0 Å². The predicted octanol–water partition coefficient (Wildman–Crippen LogP) is 1.26. The lowest BCUT2D eigenvalue weighted by atomic mass is 10.2. The highest BCUT2D eigenvalue weighted by Gasteiger charge is 2.08. The SMILES string of the molecule is [CH]=NS(=O)(=O)c1ccc(C)cc1. The van der Waals surface area contributed by atoms with Crippen LogP contribution < -0.4 is 0 Å². The Labute approximate surface area is 71.8 Å². The Morgan fingerprint density at radius 2 is 1.75 bits per heavy atom. The van der Waals surface area contributed by atoms with Gasteiger partial charge in [-0.15, -0.1) is 0 Å². The van der Waals surface area contributed by atoms with Crippen molar-refractivity contribution in [3.05, 3.63) is 29.8 Å². The molecule has 0 aliphatic heterocycles. The lowest BCUT2D eigenvalue weighted by molar-refractivity contribution is 0.598. The highest BCUT2D eigenvalue weighted by atomic mass is 32.2. The van der Waals surface area contributed by atoms with Crippen LogP contribution in [0.25, 0.3) is 0 Å². The van der Waals surface area contributed by atoms with Crippen LogP contribution in [-0.4, -0.2) is 15.1 Å². The van der Waals surface area contributed by atoms with Gasteiger partial charge >= 0.3 is 0 Å². The molecule has 0 amide bonds. The van der Waals surface area contributed by atoms with Gasteiger partial charge in [0.25, 0.3) is 10.0 Å². The number of aryl methyl sites for hydroxylation is 1. The van der Waals surface area contributed by atoms with Crippen molar-refractivity contribution in [2.24, 2.45) is 4.40 Å². The van der Waals surface area contributed by atoms with Crippen molar-refractivity contribution in [2.75, 3.05) is 0 Å². The molecule has 0 N–H and O–H groups in total. The zero-order valence-electron chi connectivity index (χ0n) is 6.56. The summed E-state index contributed by atoms with van der Waals surface area (Å²) in [5.41, 5.74) is 0.992. The smallest absolute Gasteiger partial charge is 0.199 e. The Hall–Kier alpha value is -1.16. The van der Waals surface area contributed by atoms with E-state index in [2.05, 4.69) is 4.40 Å². The maximum Gasteiger partial charge on any atom is 0.282 e. The summed E-state index contributed by atoms with van der Waals surface area (Å²) in [4.78, 5) is 0.121. The fourth-order valence-electron chi connectivity index (χ4n) is 0.771. The van der Waals surface area contributed by atoms with Crippen molar-refractivity contribution >= 4 is 16.7 Å². The van der Waals surface area contributed by atoms with Gasteiger partial charge in [0.1, 0.15) is 0 Å². The zero-order valence-corrected chi connectivity index (χ0v) is 7.38. The third-order valence-corrected chi connectivity index (χ3v) is 2.60. The van der Waals surface area contributed by atoms with Gasteiger partial charge in [-0.05, 0) is 19.1 Å². The second-order valence-electron chi connectivity index (χ2n) is 2.39. The molecule has 0 aliphatic carbocycles. The molecule has 3 nitrogen and oxygen atoms in total. The van der Waals surface area contributed by atoms with Gasteiger partial charge in [-0.25, -0.2) is 0 Å². The topological polar surface area (TPSA) is 46.5 Å².